The van der Waals surface area contributed by atoms with Crippen LogP contribution in [0.2, 0.25) is 0 Å². The number of nitrogens with one attached hydrogen (secondary N) is 2. The van der Waals surface area contributed by atoms with Crippen LogP contribution >= 0.6 is 0 Å². The second kappa shape index (κ2) is 10.4. The van der Waals surface area contributed by atoms with Crippen LogP contribution in [0.15, 0.2) is 60.3 Å². The minimum absolute atomic E-state index is 0. The molecule has 0 saturated carbocycles. The topological polar surface area (TPSA) is 71.2 Å². The third-order valence-corrected chi connectivity index (χ3v) is 5.32. The zero-order valence-corrected chi connectivity index (χ0v) is 19.5. The molecule has 1 aliphatic heterocycles. The van der Waals surface area contributed by atoms with Crippen LogP contribution in [0.25, 0.3) is 0 Å². The number of likely N-dealkylation sites (N-methyl/N-ethyl adjacent to an activating group) is 1. The van der Waals surface area contributed by atoms with Crippen LogP contribution in [0.5, 0.6) is 0 Å². The molecule has 0 aliphatic carbocycles. The molecule has 2 aromatic rings. The van der Waals surface area contributed by atoms with Gasteiger partial charge in [-0.15, -0.1) is 0 Å². The Balaban J connectivity index is 0.000000308. The van der Waals surface area contributed by atoms with Crippen molar-refractivity contribution in [3.8, 4) is 0 Å². The molecule has 0 spiro atoms. The van der Waals surface area contributed by atoms with Gasteiger partial charge in [-0.2, -0.15) is 0 Å². The van der Waals surface area contributed by atoms with Crippen LogP contribution in [-0.4, -0.2) is 24.3 Å². The second-order valence-corrected chi connectivity index (χ2v) is 7.93. The van der Waals surface area contributed by atoms with Crippen LogP contribution in [0.1, 0.15) is 41.7 Å². The summed E-state index contributed by atoms with van der Waals surface area (Å²) in [5.74, 6) is -0.343. The van der Waals surface area contributed by atoms with Crippen molar-refractivity contribution in [2.45, 2.75) is 40.0 Å². The van der Waals surface area contributed by atoms with Crippen molar-refractivity contribution >= 4 is 17.8 Å². The summed E-state index contributed by atoms with van der Waals surface area (Å²) in [5.41, 5.74) is 7.65. The molecule has 2 aromatic carbocycles. The van der Waals surface area contributed by atoms with E-state index in [1.807, 2.05) is 39.0 Å². The van der Waals surface area contributed by atoms with Gasteiger partial charge in [0.1, 0.15) is 0 Å². The van der Waals surface area contributed by atoms with Crippen LogP contribution in [0, 0.1) is 31.6 Å². The molecule has 0 saturated heterocycles. The number of allylic oxidation sites excluding steroid dienone is 4. The SMILES string of the molecule is CN1/C(=C\C=C\C=N)C(C)(C)c2ccccc21.Cc1cc(C)c(C(=N)O)c(C)c1.[Co]. The van der Waals surface area contributed by atoms with E-state index in [-0.39, 0.29) is 28.1 Å². The second-order valence-electron chi connectivity index (χ2n) is 7.93. The summed E-state index contributed by atoms with van der Waals surface area (Å²) in [7, 11) is 2.09. The number of para-hydroxylation sites is 1. The number of rotatable bonds is 3. The van der Waals surface area contributed by atoms with Crippen molar-refractivity contribution in [2.24, 2.45) is 0 Å². The smallest absolute Gasteiger partial charge is 0.211 e. The first-order chi connectivity index (χ1) is 13.6. The van der Waals surface area contributed by atoms with Gasteiger partial charge in [0, 0.05) is 52.4 Å². The summed E-state index contributed by atoms with van der Waals surface area (Å²) in [6.07, 6.45) is 7.05. The molecule has 1 radical (unpaired) electrons. The molecule has 0 atom stereocenters. The van der Waals surface area contributed by atoms with Crippen LogP contribution < -0.4 is 4.90 Å². The van der Waals surface area contributed by atoms with Crippen molar-refractivity contribution < 1.29 is 21.9 Å². The average Bonchev–Trinajstić information content (AvgIpc) is 2.82. The van der Waals surface area contributed by atoms with Gasteiger partial charge in [-0.3, -0.25) is 5.41 Å². The van der Waals surface area contributed by atoms with Crippen molar-refractivity contribution in [3.63, 3.8) is 0 Å². The Bertz CT molecular complexity index is 967. The molecule has 30 heavy (non-hydrogen) atoms. The summed E-state index contributed by atoms with van der Waals surface area (Å²) in [6, 6.07) is 12.4. The summed E-state index contributed by atoms with van der Waals surface area (Å²) in [4.78, 5) is 2.23. The molecule has 0 bridgehead atoms. The fourth-order valence-corrected chi connectivity index (χ4v) is 4.06. The van der Waals surface area contributed by atoms with Gasteiger partial charge in [0.2, 0.25) is 5.90 Å². The molecular formula is C25H31CoN3O. The summed E-state index contributed by atoms with van der Waals surface area (Å²) in [6.45, 7) is 10.3. The molecule has 3 N–H and O–H groups in total. The van der Waals surface area contributed by atoms with Crippen LogP contribution in [0.4, 0.5) is 5.69 Å². The van der Waals surface area contributed by atoms with E-state index in [4.69, 9.17) is 15.9 Å². The number of aliphatic hydroxyl groups is 1. The number of aryl methyl sites for hydroxylation is 3. The van der Waals surface area contributed by atoms with Gasteiger partial charge in [0.05, 0.1) is 0 Å². The average molecular weight is 448 g/mol. The van der Waals surface area contributed by atoms with Crippen molar-refractivity contribution in [3.05, 3.63) is 88.1 Å². The molecule has 1 aliphatic rings. The maximum atomic E-state index is 9.06. The zero-order valence-electron chi connectivity index (χ0n) is 18.5. The normalized spacial score (nSPS) is 15.3. The number of hydrogen-bond acceptors (Lipinski definition) is 3. The standard InChI is InChI=1S/C15H18N2.C10H13NO.Co/c1-15(2)12-8-4-5-9-13(12)17(3)14(15)10-6-7-11-16;1-6-4-7(2)9(10(11)12)8(3)5-6;/h4-11,16H,1-3H3;4-5H,1-3H3,(H2,11,12);/b7-6+,14-10-,16-11?;;. The molecule has 0 amide bonds. The van der Waals surface area contributed by atoms with Gasteiger partial charge in [0.15, 0.2) is 0 Å². The first-order valence-corrected chi connectivity index (χ1v) is 9.68. The predicted octanol–water partition coefficient (Wildman–Crippen LogP) is 6.00. The molecule has 161 valence electrons. The molecule has 0 aromatic heterocycles. The number of nitrogens with zero attached hydrogens (tertiary/aromatic N) is 1. The van der Waals surface area contributed by atoms with E-state index in [1.165, 1.54) is 23.2 Å². The Morgan fingerprint density at radius 1 is 1.03 bits per heavy atom. The van der Waals surface area contributed by atoms with Crippen molar-refractivity contribution in [2.75, 3.05) is 11.9 Å². The van der Waals surface area contributed by atoms with Crippen molar-refractivity contribution in [1.82, 2.24) is 0 Å². The molecule has 4 nitrogen and oxygen atoms in total. The minimum atomic E-state index is -0.343. The Labute approximate surface area is 190 Å². The van der Waals surface area contributed by atoms with E-state index in [0.29, 0.717) is 5.56 Å². The fraction of sp³-hybridized carbons (Fsp3) is 0.280. The minimum Gasteiger partial charge on any atom is -0.493 e. The molecule has 0 fully saturated rings. The van der Waals surface area contributed by atoms with E-state index in [9.17, 15) is 0 Å². The maximum Gasteiger partial charge on any atom is 0.211 e. The predicted molar refractivity (Wildman–Crippen MR) is 124 cm³/mol. The van der Waals surface area contributed by atoms with Crippen LogP contribution in [0.3, 0.4) is 0 Å². The maximum absolute atomic E-state index is 9.06. The molecule has 5 heteroatoms. The number of aliphatic hydroxyl groups excluding tert-OH is 1. The Kier molecular flexibility index (Phi) is 8.82. The quantitative estimate of drug-likeness (QED) is 0.398. The van der Waals surface area contributed by atoms with Gasteiger partial charge < -0.3 is 15.4 Å². The fourth-order valence-electron chi connectivity index (χ4n) is 4.06. The van der Waals surface area contributed by atoms with Crippen molar-refractivity contribution in [1.29, 1.82) is 10.8 Å². The number of anilines is 1. The van der Waals surface area contributed by atoms with E-state index < -0.39 is 0 Å². The van der Waals surface area contributed by atoms with E-state index in [1.54, 1.807) is 6.08 Å². The van der Waals surface area contributed by atoms with Gasteiger partial charge in [-0.1, -0.05) is 55.8 Å². The Hall–Kier alpha value is -2.63. The van der Waals surface area contributed by atoms with Gasteiger partial charge >= 0.3 is 0 Å². The van der Waals surface area contributed by atoms with Gasteiger partial charge in [-0.25, -0.2) is 0 Å². The number of benzene rings is 2. The van der Waals surface area contributed by atoms with E-state index in [0.717, 1.165) is 16.7 Å². The molecule has 0 unspecified atom stereocenters. The third kappa shape index (κ3) is 5.29. The first kappa shape index (κ1) is 25.4. The zero-order chi connectivity index (χ0) is 21.8. The van der Waals surface area contributed by atoms with Gasteiger partial charge in [0.25, 0.3) is 0 Å². The summed E-state index contributed by atoms with van der Waals surface area (Å²) in [5, 5.41) is 23.2. The number of hydrogen-bond donors (Lipinski definition) is 3. The monoisotopic (exact) mass is 448 g/mol. The Morgan fingerprint density at radius 3 is 2.10 bits per heavy atom. The molecule has 1 heterocycles. The van der Waals surface area contributed by atoms with E-state index >= 15 is 0 Å². The Morgan fingerprint density at radius 2 is 1.60 bits per heavy atom. The van der Waals surface area contributed by atoms with Crippen LogP contribution in [-0.2, 0) is 22.2 Å². The summed E-state index contributed by atoms with van der Waals surface area (Å²) >= 11 is 0. The summed E-state index contributed by atoms with van der Waals surface area (Å²) < 4.78 is 0. The van der Waals surface area contributed by atoms with E-state index in [2.05, 4.69) is 56.1 Å². The largest absolute Gasteiger partial charge is 0.493 e. The van der Waals surface area contributed by atoms with Gasteiger partial charge in [-0.05, 0) is 55.7 Å². The third-order valence-electron chi connectivity index (χ3n) is 5.32. The first-order valence-electron chi connectivity index (χ1n) is 9.68. The number of fused-ring (bicyclic) bond motifs is 1. The molecule has 3 rings (SSSR count). The molecular weight excluding hydrogens is 417 g/mol.